The Hall–Kier alpha value is -4.21. The van der Waals surface area contributed by atoms with Crippen LogP contribution in [-0.4, -0.2) is 39.4 Å². The second-order valence-electron chi connectivity index (χ2n) is 9.18. The number of carbonyl (C=O) groups excluding carboxylic acids is 1. The second kappa shape index (κ2) is 10.6. The number of methoxy groups -OCH3 is 1. The molecule has 0 bridgehead atoms. The van der Waals surface area contributed by atoms with Crippen LogP contribution in [0.4, 0.5) is 11.4 Å². The lowest BCUT2D eigenvalue weighted by Crippen LogP contribution is -2.29. The van der Waals surface area contributed by atoms with Crippen LogP contribution >= 0.6 is 12.2 Å². The third kappa shape index (κ3) is 4.73. The molecule has 1 fully saturated rings. The van der Waals surface area contributed by atoms with Gasteiger partial charge in [0.15, 0.2) is 5.11 Å². The third-order valence-electron chi connectivity index (χ3n) is 6.71. The molecule has 38 heavy (non-hydrogen) atoms. The average molecular weight is 528 g/mol. The van der Waals surface area contributed by atoms with E-state index in [1.807, 2.05) is 67.6 Å². The van der Waals surface area contributed by atoms with E-state index in [4.69, 9.17) is 17.0 Å². The molecule has 194 valence electrons. The Kier molecular flexibility index (Phi) is 7.13. The summed E-state index contributed by atoms with van der Waals surface area (Å²) in [6.45, 7) is 4.07. The van der Waals surface area contributed by atoms with E-state index in [1.165, 1.54) is 7.11 Å². The number of aryl methyl sites for hydroxylation is 1. The summed E-state index contributed by atoms with van der Waals surface area (Å²) in [6.07, 6.45) is 1.78. The zero-order valence-electron chi connectivity index (χ0n) is 21.4. The van der Waals surface area contributed by atoms with Gasteiger partial charge in [-0.2, -0.15) is 0 Å². The molecular weight excluding hydrogens is 498 g/mol. The quantitative estimate of drug-likeness (QED) is 0.293. The Morgan fingerprint density at radius 1 is 1.11 bits per heavy atom. The summed E-state index contributed by atoms with van der Waals surface area (Å²) in [5.74, 6) is -0.00605. The van der Waals surface area contributed by atoms with Crippen molar-refractivity contribution in [3.63, 3.8) is 0 Å². The maximum atomic E-state index is 12.0. The largest absolute Gasteiger partial charge is 0.506 e. The van der Waals surface area contributed by atoms with Gasteiger partial charge in [-0.25, -0.2) is 0 Å². The molecule has 2 aromatic heterocycles. The molecule has 1 amide bonds. The third-order valence-corrected chi connectivity index (χ3v) is 7.03. The predicted molar refractivity (Wildman–Crippen MR) is 152 cm³/mol. The SMILES string of the molecule is COCC(=O)Nc1ccc(N2C(=S)N[C@@H](c3ccccn3)[C@H]2c2cc(C)n(-c3ccccc3O)c2C)cc1. The fourth-order valence-electron chi connectivity index (χ4n) is 5.09. The van der Waals surface area contributed by atoms with E-state index < -0.39 is 0 Å². The van der Waals surface area contributed by atoms with Crippen molar-refractivity contribution in [2.75, 3.05) is 23.9 Å². The first-order valence-electron chi connectivity index (χ1n) is 12.3. The lowest BCUT2D eigenvalue weighted by molar-refractivity contribution is -0.119. The topological polar surface area (TPSA) is 91.7 Å². The van der Waals surface area contributed by atoms with Gasteiger partial charge < -0.3 is 29.9 Å². The predicted octanol–water partition coefficient (Wildman–Crippen LogP) is 4.96. The van der Waals surface area contributed by atoms with Crippen molar-refractivity contribution < 1.29 is 14.6 Å². The molecule has 8 nitrogen and oxygen atoms in total. The van der Waals surface area contributed by atoms with Gasteiger partial charge in [0.1, 0.15) is 12.4 Å². The Morgan fingerprint density at radius 2 is 1.84 bits per heavy atom. The number of nitrogens with one attached hydrogen (secondary N) is 2. The number of amides is 1. The number of hydrogen-bond acceptors (Lipinski definition) is 5. The highest BCUT2D eigenvalue weighted by atomic mass is 32.1. The van der Waals surface area contributed by atoms with Crippen LogP contribution in [0.2, 0.25) is 0 Å². The minimum absolute atomic E-state index is 0.0116. The molecule has 1 saturated heterocycles. The Bertz CT molecular complexity index is 1470. The average Bonchev–Trinajstić information content (AvgIpc) is 3.40. The minimum atomic E-state index is -0.219. The Balaban J connectivity index is 1.59. The van der Waals surface area contributed by atoms with Crippen LogP contribution in [0.15, 0.2) is 79.0 Å². The van der Waals surface area contributed by atoms with E-state index in [1.54, 1.807) is 12.3 Å². The van der Waals surface area contributed by atoms with Crippen molar-refractivity contribution in [3.05, 3.63) is 102 Å². The van der Waals surface area contributed by atoms with Gasteiger partial charge in [0.05, 0.1) is 23.5 Å². The maximum absolute atomic E-state index is 12.0. The standard InChI is InChI=1S/C29H29N5O3S/c1-18-16-22(19(2)33(18)24-9-4-5-10-25(24)35)28-27(23-8-6-7-15-30-23)32-29(38)34(28)21-13-11-20(12-14-21)31-26(36)17-37-3/h4-16,27-28,35H,17H2,1-3H3,(H,31,36)(H,32,38)/t27-,28+/m0/s1. The molecule has 0 spiro atoms. The molecule has 1 aliphatic rings. The highest BCUT2D eigenvalue weighted by molar-refractivity contribution is 7.80. The van der Waals surface area contributed by atoms with Gasteiger partial charge in [-0.05, 0) is 86.2 Å². The summed E-state index contributed by atoms with van der Waals surface area (Å²) in [5.41, 5.74) is 6.19. The van der Waals surface area contributed by atoms with E-state index in [9.17, 15) is 9.90 Å². The Labute approximate surface area is 226 Å². The Morgan fingerprint density at radius 3 is 2.53 bits per heavy atom. The summed E-state index contributed by atoms with van der Waals surface area (Å²) in [4.78, 5) is 18.7. The number of pyridine rings is 1. The normalized spacial score (nSPS) is 16.9. The molecule has 2 aromatic carbocycles. The van der Waals surface area contributed by atoms with Crippen LogP contribution in [0.3, 0.4) is 0 Å². The van der Waals surface area contributed by atoms with Crippen molar-refractivity contribution in [2.45, 2.75) is 25.9 Å². The zero-order chi connectivity index (χ0) is 26.8. The smallest absolute Gasteiger partial charge is 0.250 e. The van der Waals surface area contributed by atoms with Crippen molar-refractivity contribution in [1.29, 1.82) is 0 Å². The number of aromatic nitrogens is 2. The summed E-state index contributed by atoms with van der Waals surface area (Å²) in [5, 5.41) is 17.5. The number of para-hydroxylation sites is 2. The van der Waals surface area contributed by atoms with E-state index in [-0.39, 0.29) is 30.3 Å². The molecule has 3 heterocycles. The number of phenols is 1. The van der Waals surface area contributed by atoms with Crippen LogP contribution in [0.5, 0.6) is 5.75 Å². The number of nitrogens with zero attached hydrogens (tertiary/aromatic N) is 3. The van der Waals surface area contributed by atoms with E-state index in [0.717, 1.165) is 34.0 Å². The summed E-state index contributed by atoms with van der Waals surface area (Å²) < 4.78 is 6.97. The van der Waals surface area contributed by atoms with Crippen LogP contribution in [-0.2, 0) is 9.53 Å². The van der Waals surface area contributed by atoms with Gasteiger partial charge in [-0.3, -0.25) is 9.78 Å². The van der Waals surface area contributed by atoms with Crippen LogP contribution in [0, 0.1) is 13.8 Å². The van der Waals surface area contributed by atoms with Crippen LogP contribution in [0.25, 0.3) is 5.69 Å². The van der Waals surface area contributed by atoms with Crippen molar-refractivity contribution in [3.8, 4) is 11.4 Å². The van der Waals surface area contributed by atoms with E-state index >= 15 is 0 Å². The number of anilines is 2. The minimum Gasteiger partial charge on any atom is -0.506 e. The monoisotopic (exact) mass is 527 g/mol. The number of carbonyl (C=O) groups is 1. The highest BCUT2D eigenvalue weighted by Crippen LogP contribution is 2.44. The van der Waals surface area contributed by atoms with E-state index in [0.29, 0.717) is 10.8 Å². The molecular formula is C29H29N5O3S. The number of thiocarbonyl (C=S) groups is 1. The van der Waals surface area contributed by atoms with Gasteiger partial charge in [-0.15, -0.1) is 0 Å². The number of phenolic OH excluding ortho intramolecular Hbond substituents is 1. The highest BCUT2D eigenvalue weighted by Gasteiger charge is 2.42. The lowest BCUT2D eigenvalue weighted by atomic mass is 9.96. The number of ether oxygens (including phenoxy) is 1. The molecule has 3 N–H and O–H groups in total. The molecule has 4 aromatic rings. The number of benzene rings is 2. The maximum Gasteiger partial charge on any atom is 0.250 e. The van der Waals surface area contributed by atoms with Crippen molar-refractivity contribution in [2.24, 2.45) is 0 Å². The fourth-order valence-corrected chi connectivity index (χ4v) is 5.44. The molecule has 0 saturated carbocycles. The summed E-state index contributed by atoms with van der Waals surface area (Å²) >= 11 is 5.87. The fraction of sp³-hybridized carbons (Fsp3) is 0.207. The van der Waals surface area contributed by atoms with Crippen LogP contribution < -0.4 is 15.5 Å². The summed E-state index contributed by atoms with van der Waals surface area (Å²) in [6, 6.07) is 22.5. The van der Waals surface area contributed by atoms with Crippen molar-refractivity contribution in [1.82, 2.24) is 14.9 Å². The van der Waals surface area contributed by atoms with Gasteiger partial charge in [0, 0.05) is 36.1 Å². The van der Waals surface area contributed by atoms with Gasteiger partial charge >= 0.3 is 0 Å². The number of hydrogen-bond donors (Lipinski definition) is 3. The first-order chi connectivity index (χ1) is 18.4. The molecule has 0 unspecified atom stereocenters. The van der Waals surface area contributed by atoms with Gasteiger partial charge in [-0.1, -0.05) is 18.2 Å². The summed E-state index contributed by atoms with van der Waals surface area (Å²) in [7, 11) is 1.48. The molecule has 2 atom stereocenters. The molecule has 5 rings (SSSR count). The van der Waals surface area contributed by atoms with Crippen molar-refractivity contribution >= 4 is 34.6 Å². The molecule has 0 aliphatic carbocycles. The van der Waals surface area contributed by atoms with Crippen LogP contribution in [0.1, 0.15) is 34.7 Å². The van der Waals surface area contributed by atoms with Gasteiger partial charge in [0.2, 0.25) is 5.91 Å². The first kappa shape index (κ1) is 25.4. The molecule has 1 aliphatic heterocycles. The molecule has 0 radical (unpaired) electrons. The first-order valence-corrected chi connectivity index (χ1v) is 12.7. The lowest BCUT2D eigenvalue weighted by Gasteiger charge is -2.28. The zero-order valence-corrected chi connectivity index (χ0v) is 22.2. The molecule has 9 heteroatoms. The van der Waals surface area contributed by atoms with E-state index in [2.05, 4.69) is 38.1 Å². The number of aromatic hydroxyl groups is 1. The van der Waals surface area contributed by atoms with Gasteiger partial charge in [0.25, 0.3) is 0 Å². The number of rotatable bonds is 7. The second-order valence-corrected chi connectivity index (χ2v) is 9.56.